The van der Waals surface area contributed by atoms with Gasteiger partial charge >= 0.3 is 0 Å². The number of rotatable bonds is 7. The fourth-order valence-electron chi connectivity index (χ4n) is 7.21. The summed E-state index contributed by atoms with van der Waals surface area (Å²) < 4.78 is 11.2. The third-order valence-electron chi connectivity index (χ3n) is 9.72. The maximum atomic E-state index is 13.9. The van der Waals surface area contributed by atoms with Crippen molar-refractivity contribution >= 4 is 23.2 Å². The van der Waals surface area contributed by atoms with Crippen LogP contribution in [0.5, 0.6) is 0 Å². The SMILES string of the molecule is CCN(c1cc(-c2ccc3c(c2)NC(=O)C32CCOCC2)cc(C(=O)NCc2c(C)cc(C)[nH]c2=O)c1C)C1CCOCC1. The van der Waals surface area contributed by atoms with Crippen molar-refractivity contribution in [1.29, 1.82) is 0 Å². The summed E-state index contributed by atoms with van der Waals surface area (Å²) in [6.07, 6.45) is 3.18. The molecular weight excluding hydrogens is 556 g/mol. The molecule has 3 aromatic rings. The molecule has 3 aliphatic rings. The summed E-state index contributed by atoms with van der Waals surface area (Å²) in [6.45, 7) is 11.4. The number of carbonyl (C=O) groups is 2. The molecule has 4 heterocycles. The van der Waals surface area contributed by atoms with Crippen molar-refractivity contribution in [2.45, 2.75) is 71.4 Å². The molecule has 3 N–H and O–H groups in total. The Balaban J connectivity index is 1.39. The molecule has 9 heteroatoms. The number of fused-ring (bicyclic) bond motifs is 2. The van der Waals surface area contributed by atoms with Crippen molar-refractivity contribution in [2.24, 2.45) is 0 Å². The van der Waals surface area contributed by atoms with Crippen LogP contribution in [0.15, 0.2) is 41.2 Å². The van der Waals surface area contributed by atoms with Gasteiger partial charge in [-0.05, 0) is 105 Å². The molecule has 0 saturated carbocycles. The van der Waals surface area contributed by atoms with E-state index in [0.717, 1.165) is 77.5 Å². The van der Waals surface area contributed by atoms with Gasteiger partial charge in [-0.3, -0.25) is 14.4 Å². The summed E-state index contributed by atoms with van der Waals surface area (Å²) >= 11 is 0. The first kappa shape index (κ1) is 30.1. The summed E-state index contributed by atoms with van der Waals surface area (Å²) in [5.74, 6) is -0.195. The Labute approximate surface area is 258 Å². The van der Waals surface area contributed by atoms with Crippen LogP contribution in [-0.2, 0) is 26.2 Å². The third-order valence-corrected chi connectivity index (χ3v) is 9.72. The molecule has 0 bridgehead atoms. The van der Waals surface area contributed by atoms with Crippen molar-refractivity contribution in [1.82, 2.24) is 10.3 Å². The number of anilines is 2. The van der Waals surface area contributed by atoms with Gasteiger partial charge in [-0.1, -0.05) is 12.1 Å². The summed E-state index contributed by atoms with van der Waals surface area (Å²) in [6, 6.07) is 12.5. The topological polar surface area (TPSA) is 113 Å². The molecule has 6 rings (SSSR count). The normalized spacial score (nSPS) is 17.8. The number of nitrogens with zero attached hydrogens (tertiary/aromatic N) is 1. The van der Waals surface area contributed by atoms with Crippen LogP contribution >= 0.6 is 0 Å². The van der Waals surface area contributed by atoms with Crippen LogP contribution < -0.4 is 21.1 Å². The van der Waals surface area contributed by atoms with Crippen LogP contribution in [0.4, 0.5) is 11.4 Å². The number of aromatic nitrogens is 1. The number of H-pyrrole nitrogens is 1. The van der Waals surface area contributed by atoms with Crippen LogP contribution in [-0.4, -0.2) is 55.8 Å². The number of hydrogen-bond donors (Lipinski definition) is 3. The van der Waals surface area contributed by atoms with Crippen LogP contribution in [0.3, 0.4) is 0 Å². The second-order valence-electron chi connectivity index (χ2n) is 12.3. The second-order valence-corrected chi connectivity index (χ2v) is 12.3. The molecule has 44 heavy (non-hydrogen) atoms. The molecule has 0 radical (unpaired) electrons. The minimum absolute atomic E-state index is 0.0377. The molecule has 0 aliphatic carbocycles. The van der Waals surface area contributed by atoms with Crippen LogP contribution in [0, 0.1) is 20.8 Å². The summed E-state index contributed by atoms with van der Waals surface area (Å²) in [5.41, 5.74) is 7.60. The van der Waals surface area contributed by atoms with Gasteiger partial charge in [-0.15, -0.1) is 0 Å². The number of ether oxygens (including phenoxy) is 2. The van der Waals surface area contributed by atoms with Gasteiger partial charge in [-0.25, -0.2) is 0 Å². The minimum atomic E-state index is -0.538. The van der Waals surface area contributed by atoms with E-state index in [1.54, 1.807) is 0 Å². The monoisotopic (exact) mass is 598 g/mol. The lowest BCUT2D eigenvalue weighted by Gasteiger charge is -2.37. The van der Waals surface area contributed by atoms with E-state index in [-0.39, 0.29) is 23.9 Å². The highest BCUT2D eigenvalue weighted by Gasteiger charge is 2.47. The average Bonchev–Trinajstić information content (AvgIpc) is 3.27. The fourth-order valence-corrected chi connectivity index (χ4v) is 7.21. The van der Waals surface area contributed by atoms with Crippen LogP contribution in [0.1, 0.15) is 70.9 Å². The average molecular weight is 599 g/mol. The molecule has 2 aromatic carbocycles. The Bertz CT molecular complexity index is 1650. The number of amides is 2. The first-order chi connectivity index (χ1) is 21.2. The van der Waals surface area contributed by atoms with Gasteiger partial charge in [0.2, 0.25) is 5.91 Å². The lowest BCUT2D eigenvalue weighted by molar-refractivity contribution is -0.124. The molecular formula is C35H42N4O5. The molecule has 1 aromatic heterocycles. The fraction of sp³-hybridized carbons (Fsp3) is 0.457. The number of benzene rings is 2. The predicted octanol–water partition coefficient (Wildman–Crippen LogP) is 4.90. The zero-order chi connectivity index (χ0) is 31.0. The summed E-state index contributed by atoms with van der Waals surface area (Å²) in [7, 11) is 0. The van der Waals surface area contributed by atoms with Crippen molar-refractivity contribution < 1.29 is 19.1 Å². The van der Waals surface area contributed by atoms with Gasteiger partial charge in [0.15, 0.2) is 0 Å². The molecule has 9 nitrogen and oxygen atoms in total. The Kier molecular flexibility index (Phi) is 8.35. The minimum Gasteiger partial charge on any atom is -0.381 e. The van der Waals surface area contributed by atoms with Gasteiger partial charge < -0.3 is 30.0 Å². The molecule has 1 spiro atoms. The van der Waals surface area contributed by atoms with Gasteiger partial charge in [0.1, 0.15) is 0 Å². The van der Waals surface area contributed by atoms with E-state index in [2.05, 4.69) is 45.6 Å². The molecule has 2 saturated heterocycles. The number of nitrogens with one attached hydrogen (secondary N) is 3. The molecule has 3 aliphatic heterocycles. The van der Waals surface area contributed by atoms with Crippen molar-refractivity contribution in [2.75, 3.05) is 43.2 Å². The lowest BCUT2D eigenvalue weighted by Crippen LogP contribution is -2.40. The standard InChI is InChI=1S/C35H42N4O5/c1-5-39(26-8-12-43-13-9-26)31-19-25(24-6-7-29-30(18-24)38-34(42)35(29)10-14-44-15-11-35)17-27(23(31)4)32(40)36-20-28-21(2)16-22(3)37-33(28)41/h6-7,16-19,26H,5,8-15,20H2,1-4H3,(H,36,40)(H,37,41)(H,38,42). The third kappa shape index (κ3) is 5.43. The number of aryl methyl sites for hydroxylation is 2. The Hall–Kier alpha value is -3.95. The zero-order valence-corrected chi connectivity index (χ0v) is 26.1. The molecule has 232 valence electrons. The van der Waals surface area contributed by atoms with E-state index in [9.17, 15) is 14.4 Å². The molecule has 0 atom stereocenters. The summed E-state index contributed by atoms with van der Waals surface area (Å²) in [4.78, 5) is 44.9. The van der Waals surface area contributed by atoms with Gasteiger partial charge in [-0.2, -0.15) is 0 Å². The maximum Gasteiger partial charge on any atom is 0.253 e. The van der Waals surface area contributed by atoms with Crippen LogP contribution in [0.25, 0.3) is 11.1 Å². The Morgan fingerprint density at radius 3 is 2.41 bits per heavy atom. The molecule has 2 amide bonds. The van der Waals surface area contributed by atoms with Crippen molar-refractivity contribution in [3.05, 3.63) is 80.3 Å². The number of carbonyl (C=O) groups excluding carboxylic acids is 2. The zero-order valence-electron chi connectivity index (χ0n) is 26.1. The molecule has 2 fully saturated rings. The number of hydrogen-bond acceptors (Lipinski definition) is 6. The molecule has 0 unspecified atom stereocenters. The van der Waals surface area contributed by atoms with E-state index in [0.29, 0.717) is 43.2 Å². The largest absolute Gasteiger partial charge is 0.381 e. The smallest absolute Gasteiger partial charge is 0.253 e. The highest BCUT2D eigenvalue weighted by molar-refractivity contribution is 6.07. The van der Waals surface area contributed by atoms with E-state index in [4.69, 9.17) is 9.47 Å². The van der Waals surface area contributed by atoms with E-state index < -0.39 is 5.41 Å². The van der Waals surface area contributed by atoms with Crippen molar-refractivity contribution in [3.8, 4) is 11.1 Å². The van der Waals surface area contributed by atoms with Crippen molar-refractivity contribution in [3.63, 3.8) is 0 Å². The maximum absolute atomic E-state index is 13.9. The first-order valence-corrected chi connectivity index (χ1v) is 15.7. The Morgan fingerprint density at radius 2 is 1.70 bits per heavy atom. The highest BCUT2D eigenvalue weighted by Crippen LogP contribution is 2.46. The number of pyridine rings is 1. The quantitative estimate of drug-likeness (QED) is 0.357. The van der Waals surface area contributed by atoms with Gasteiger partial charge in [0, 0.05) is 73.8 Å². The van der Waals surface area contributed by atoms with Gasteiger partial charge in [0.25, 0.3) is 11.5 Å². The van der Waals surface area contributed by atoms with Gasteiger partial charge in [0.05, 0.1) is 5.41 Å². The highest BCUT2D eigenvalue weighted by atomic mass is 16.5. The second kappa shape index (κ2) is 12.2. The number of aromatic amines is 1. The lowest BCUT2D eigenvalue weighted by atomic mass is 9.75. The summed E-state index contributed by atoms with van der Waals surface area (Å²) in [5, 5.41) is 6.16. The predicted molar refractivity (Wildman–Crippen MR) is 172 cm³/mol. The van der Waals surface area contributed by atoms with E-state index >= 15 is 0 Å². The first-order valence-electron chi connectivity index (χ1n) is 15.7. The Morgan fingerprint density at radius 1 is 0.977 bits per heavy atom. The van der Waals surface area contributed by atoms with Crippen LogP contribution in [0.2, 0.25) is 0 Å². The van der Waals surface area contributed by atoms with E-state index in [1.807, 2.05) is 39.0 Å². The van der Waals surface area contributed by atoms with E-state index in [1.165, 1.54) is 0 Å².